The van der Waals surface area contributed by atoms with Crippen LogP contribution in [0, 0.1) is 25.7 Å². The lowest BCUT2D eigenvalue weighted by atomic mass is 9.79. The summed E-state index contributed by atoms with van der Waals surface area (Å²) in [5.41, 5.74) is -0.0259. The van der Waals surface area contributed by atoms with Gasteiger partial charge in [0.05, 0.1) is 18.4 Å². The number of nitrogens with one attached hydrogen (secondary N) is 1. The van der Waals surface area contributed by atoms with E-state index in [9.17, 15) is 24.6 Å². The van der Waals surface area contributed by atoms with E-state index in [4.69, 9.17) is 0 Å². The fourth-order valence-electron chi connectivity index (χ4n) is 4.44. The van der Waals surface area contributed by atoms with E-state index >= 15 is 0 Å². The monoisotopic (exact) mass is 374 g/mol. The highest BCUT2D eigenvalue weighted by Crippen LogP contribution is 2.50. The molecular formula is C20H26N2O5. The van der Waals surface area contributed by atoms with E-state index in [0.29, 0.717) is 0 Å². The maximum atomic E-state index is 13.2. The molecule has 27 heavy (non-hydrogen) atoms. The summed E-state index contributed by atoms with van der Waals surface area (Å²) in [6.45, 7) is 8.24. The third kappa shape index (κ3) is 2.68. The van der Waals surface area contributed by atoms with Crippen molar-refractivity contribution in [1.29, 1.82) is 0 Å². The number of nitrogens with zero attached hydrogens (tertiary/aromatic N) is 1. The minimum absolute atomic E-state index is 0.396. The Kier molecular flexibility index (Phi) is 4.44. The molecule has 2 heterocycles. The van der Waals surface area contributed by atoms with Gasteiger partial charge in [0.1, 0.15) is 0 Å². The Morgan fingerprint density at radius 1 is 1.22 bits per heavy atom. The predicted octanol–water partition coefficient (Wildman–Crippen LogP) is 1.16. The molecule has 2 aliphatic rings. The molecule has 2 fully saturated rings. The molecule has 2 amide bonds. The number of imide groups is 1. The van der Waals surface area contributed by atoms with Crippen molar-refractivity contribution in [2.24, 2.45) is 11.8 Å². The minimum atomic E-state index is -1.89. The zero-order valence-corrected chi connectivity index (χ0v) is 16.2. The lowest BCUT2D eigenvalue weighted by Crippen LogP contribution is -2.59. The van der Waals surface area contributed by atoms with Gasteiger partial charge in [0.2, 0.25) is 11.8 Å². The highest BCUT2D eigenvalue weighted by molar-refractivity contribution is 6.10. The Labute approximate surface area is 158 Å². The SMILES string of the molecule is Cc1ccc(C)c(C2NC(CO)(C(=O)O)C3C(=O)N(C(C)(C)C)C(=O)C23)c1. The van der Waals surface area contributed by atoms with Crippen LogP contribution in [0.2, 0.25) is 0 Å². The molecule has 3 N–H and O–H groups in total. The number of likely N-dealkylation sites (tertiary alicyclic amines) is 1. The number of rotatable bonds is 3. The molecule has 7 heteroatoms. The van der Waals surface area contributed by atoms with Gasteiger partial charge in [-0.25, -0.2) is 0 Å². The normalized spacial score (nSPS) is 30.7. The summed E-state index contributed by atoms with van der Waals surface area (Å²) in [4.78, 5) is 39.7. The number of carbonyl (C=O) groups excluding carboxylic acids is 2. The van der Waals surface area contributed by atoms with Gasteiger partial charge in [-0.3, -0.25) is 24.6 Å². The molecule has 4 atom stereocenters. The van der Waals surface area contributed by atoms with E-state index in [1.54, 1.807) is 20.8 Å². The van der Waals surface area contributed by atoms with E-state index in [2.05, 4.69) is 5.32 Å². The zero-order valence-electron chi connectivity index (χ0n) is 16.2. The van der Waals surface area contributed by atoms with Gasteiger partial charge in [-0.1, -0.05) is 23.8 Å². The lowest BCUT2D eigenvalue weighted by Gasteiger charge is -2.34. The number of benzene rings is 1. The highest BCUT2D eigenvalue weighted by Gasteiger charge is 2.69. The van der Waals surface area contributed by atoms with Crippen LogP contribution in [0.25, 0.3) is 0 Å². The molecule has 7 nitrogen and oxygen atoms in total. The van der Waals surface area contributed by atoms with Crippen molar-refractivity contribution in [1.82, 2.24) is 10.2 Å². The minimum Gasteiger partial charge on any atom is -0.480 e. The third-order valence-electron chi connectivity index (χ3n) is 5.73. The molecule has 0 radical (unpaired) electrons. The number of aliphatic hydroxyl groups is 1. The van der Waals surface area contributed by atoms with Gasteiger partial charge in [-0.2, -0.15) is 0 Å². The summed E-state index contributed by atoms with van der Waals surface area (Å²) in [5.74, 6) is -4.30. The van der Waals surface area contributed by atoms with Gasteiger partial charge < -0.3 is 10.2 Å². The number of amides is 2. The molecule has 0 aromatic heterocycles. The average molecular weight is 374 g/mol. The molecule has 146 valence electrons. The summed E-state index contributed by atoms with van der Waals surface area (Å²) in [5, 5.41) is 22.8. The van der Waals surface area contributed by atoms with Crippen molar-refractivity contribution in [3.05, 3.63) is 34.9 Å². The van der Waals surface area contributed by atoms with Crippen molar-refractivity contribution in [2.45, 2.75) is 51.7 Å². The molecule has 0 spiro atoms. The zero-order chi connectivity index (χ0) is 20.3. The summed E-state index contributed by atoms with van der Waals surface area (Å²) in [6, 6.07) is 5.08. The molecule has 2 aliphatic heterocycles. The summed E-state index contributed by atoms with van der Waals surface area (Å²) in [7, 11) is 0. The molecule has 0 aliphatic carbocycles. The number of fused-ring (bicyclic) bond motifs is 1. The smallest absolute Gasteiger partial charge is 0.327 e. The summed E-state index contributed by atoms with van der Waals surface area (Å²) in [6.07, 6.45) is 0. The number of hydrogen-bond acceptors (Lipinski definition) is 5. The maximum absolute atomic E-state index is 13.2. The van der Waals surface area contributed by atoms with Gasteiger partial charge >= 0.3 is 5.97 Å². The van der Waals surface area contributed by atoms with Crippen LogP contribution in [0.15, 0.2) is 18.2 Å². The van der Waals surface area contributed by atoms with Crippen molar-refractivity contribution in [3.8, 4) is 0 Å². The Morgan fingerprint density at radius 2 is 1.85 bits per heavy atom. The number of carbonyl (C=O) groups is 3. The van der Waals surface area contributed by atoms with E-state index in [0.717, 1.165) is 21.6 Å². The Hall–Kier alpha value is -2.25. The largest absolute Gasteiger partial charge is 0.480 e. The number of carboxylic acids is 1. The lowest BCUT2D eigenvalue weighted by molar-refractivity contribution is -0.155. The van der Waals surface area contributed by atoms with Crippen molar-refractivity contribution in [2.75, 3.05) is 6.61 Å². The molecule has 2 saturated heterocycles. The first kappa shape index (κ1) is 19.5. The second-order valence-electron chi connectivity index (χ2n) is 8.60. The van der Waals surface area contributed by atoms with Crippen LogP contribution < -0.4 is 5.32 Å². The number of carboxylic acid groups (broad SMARTS) is 1. The Morgan fingerprint density at radius 3 is 2.37 bits per heavy atom. The number of aryl methyl sites for hydroxylation is 2. The fourth-order valence-corrected chi connectivity index (χ4v) is 4.44. The van der Waals surface area contributed by atoms with Crippen LogP contribution in [-0.2, 0) is 14.4 Å². The van der Waals surface area contributed by atoms with Gasteiger partial charge in [0, 0.05) is 11.6 Å². The summed E-state index contributed by atoms with van der Waals surface area (Å²) < 4.78 is 0. The molecule has 4 unspecified atom stereocenters. The van der Waals surface area contributed by atoms with Crippen LogP contribution in [-0.4, -0.2) is 50.6 Å². The number of hydrogen-bond donors (Lipinski definition) is 3. The quantitative estimate of drug-likeness (QED) is 0.686. The van der Waals surface area contributed by atoms with Crippen molar-refractivity contribution >= 4 is 17.8 Å². The first-order chi connectivity index (χ1) is 12.5. The number of aliphatic hydroxyl groups excluding tert-OH is 1. The standard InChI is InChI=1S/C20H26N2O5/c1-10-6-7-11(2)12(8-10)15-13-14(20(9-23,21-15)18(26)27)17(25)22(16(13)24)19(3,4)5/h6-8,13-15,21,23H,9H2,1-5H3,(H,26,27). The molecule has 0 saturated carbocycles. The molecule has 3 rings (SSSR count). The van der Waals surface area contributed by atoms with Gasteiger partial charge in [-0.05, 0) is 45.7 Å². The topological polar surface area (TPSA) is 107 Å². The van der Waals surface area contributed by atoms with Gasteiger partial charge in [0.15, 0.2) is 5.54 Å². The van der Waals surface area contributed by atoms with E-state index < -0.39 is 53.3 Å². The first-order valence-electron chi connectivity index (χ1n) is 9.02. The van der Waals surface area contributed by atoms with E-state index in [-0.39, 0.29) is 0 Å². The van der Waals surface area contributed by atoms with Gasteiger partial charge in [-0.15, -0.1) is 0 Å². The molecule has 1 aromatic carbocycles. The van der Waals surface area contributed by atoms with Crippen LogP contribution >= 0.6 is 0 Å². The van der Waals surface area contributed by atoms with Crippen molar-refractivity contribution < 1.29 is 24.6 Å². The predicted molar refractivity (Wildman–Crippen MR) is 97.8 cm³/mol. The van der Waals surface area contributed by atoms with Crippen LogP contribution in [0.1, 0.15) is 43.5 Å². The number of aliphatic carboxylic acids is 1. The molecule has 0 bridgehead atoms. The Balaban J connectivity index is 2.21. The van der Waals surface area contributed by atoms with Crippen LogP contribution in [0.3, 0.4) is 0 Å². The second-order valence-corrected chi connectivity index (χ2v) is 8.60. The van der Waals surface area contributed by atoms with E-state index in [1.807, 2.05) is 32.0 Å². The summed E-state index contributed by atoms with van der Waals surface area (Å²) >= 11 is 0. The molecule has 1 aromatic rings. The fraction of sp³-hybridized carbons (Fsp3) is 0.550. The first-order valence-corrected chi connectivity index (χ1v) is 9.02. The third-order valence-corrected chi connectivity index (χ3v) is 5.73. The van der Waals surface area contributed by atoms with Crippen LogP contribution in [0.5, 0.6) is 0 Å². The maximum Gasteiger partial charge on any atom is 0.327 e. The Bertz CT molecular complexity index is 828. The average Bonchev–Trinajstić information content (AvgIpc) is 3.04. The highest BCUT2D eigenvalue weighted by atomic mass is 16.4. The van der Waals surface area contributed by atoms with Crippen molar-refractivity contribution in [3.63, 3.8) is 0 Å². The molecular weight excluding hydrogens is 348 g/mol. The van der Waals surface area contributed by atoms with Gasteiger partial charge in [0.25, 0.3) is 0 Å². The van der Waals surface area contributed by atoms with E-state index in [1.165, 1.54) is 0 Å². The second kappa shape index (κ2) is 6.14. The van der Waals surface area contributed by atoms with Crippen LogP contribution in [0.4, 0.5) is 0 Å².